The zero-order chi connectivity index (χ0) is 15.4. The van der Waals surface area contributed by atoms with Crippen LogP contribution in [0.5, 0.6) is 0 Å². The molecule has 3 nitrogen and oxygen atoms in total. The lowest BCUT2D eigenvalue weighted by Gasteiger charge is -2.40. The predicted octanol–water partition coefficient (Wildman–Crippen LogP) is 2.52. The van der Waals surface area contributed by atoms with E-state index in [4.69, 9.17) is 5.73 Å². The monoisotopic (exact) mass is 289 g/mol. The molecule has 1 aliphatic rings. The second-order valence-electron chi connectivity index (χ2n) is 7.02. The van der Waals surface area contributed by atoms with Crippen LogP contribution in [0.15, 0.2) is 24.3 Å². The summed E-state index contributed by atoms with van der Waals surface area (Å²) in [6, 6.07) is 9.32. The lowest BCUT2D eigenvalue weighted by atomic mass is 9.83. The van der Waals surface area contributed by atoms with E-state index in [0.717, 1.165) is 26.1 Å². The van der Waals surface area contributed by atoms with Gasteiger partial charge in [0.05, 0.1) is 0 Å². The van der Waals surface area contributed by atoms with E-state index in [1.807, 2.05) is 0 Å². The van der Waals surface area contributed by atoms with E-state index in [9.17, 15) is 0 Å². The first-order valence-corrected chi connectivity index (χ1v) is 8.21. The average molecular weight is 289 g/mol. The maximum Gasteiger partial charge on any atom is 0.0455 e. The molecule has 0 amide bonds. The molecule has 2 rings (SSSR count). The molecule has 0 radical (unpaired) electrons. The Morgan fingerprint density at radius 2 is 1.90 bits per heavy atom. The van der Waals surface area contributed by atoms with E-state index >= 15 is 0 Å². The second kappa shape index (κ2) is 7.39. The van der Waals surface area contributed by atoms with Gasteiger partial charge in [-0.1, -0.05) is 38.1 Å². The summed E-state index contributed by atoms with van der Waals surface area (Å²) in [5.41, 5.74) is 9.42. The Labute approximate surface area is 130 Å². The number of nitrogens with two attached hydrogens (primary N) is 1. The lowest BCUT2D eigenvalue weighted by Crippen LogP contribution is -2.48. The molecule has 1 aromatic carbocycles. The van der Waals surface area contributed by atoms with Gasteiger partial charge in [-0.05, 0) is 44.0 Å². The third kappa shape index (κ3) is 4.29. The molecule has 0 bridgehead atoms. The molecule has 21 heavy (non-hydrogen) atoms. The first-order valence-electron chi connectivity index (χ1n) is 8.21. The summed E-state index contributed by atoms with van der Waals surface area (Å²) in [4.78, 5) is 4.88. The normalized spacial score (nSPS) is 22.1. The van der Waals surface area contributed by atoms with Gasteiger partial charge in [-0.2, -0.15) is 0 Å². The highest BCUT2D eigenvalue weighted by Gasteiger charge is 2.31. The fourth-order valence-electron chi connectivity index (χ4n) is 3.38. The van der Waals surface area contributed by atoms with E-state index in [1.54, 1.807) is 0 Å². The van der Waals surface area contributed by atoms with Crippen molar-refractivity contribution in [1.29, 1.82) is 0 Å². The van der Waals surface area contributed by atoms with Crippen LogP contribution in [0.4, 0.5) is 0 Å². The fourth-order valence-corrected chi connectivity index (χ4v) is 3.38. The third-order valence-corrected chi connectivity index (χ3v) is 4.44. The number of aryl methyl sites for hydroxylation is 1. The highest BCUT2D eigenvalue weighted by atomic mass is 15.2. The highest BCUT2D eigenvalue weighted by molar-refractivity contribution is 5.33. The number of nitrogens with zero attached hydrogens (tertiary/aromatic N) is 2. The van der Waals surface area contributed by atoms with Crippen LogP contribution >= 0.6 is 0 Å². The van der Waals surface area contributed by atoms with Gasteiger partial charge in [-0.3, -0.25) is 4.90 Å². The van der Waals surface area contributed by atoms with Crippen molar-refractivity contribution in [3.05, 3.63) is 35.4 Å². The molecular formula is C18H31N3. The Hall–Kier alpha value is -0.900. The van der Waals surface area contributed by atoms with Crippen LogP contribution in [-0.2, 0) is 6.42 Å². The summed E-state index contributed by atoms with van der Waals surface area (Å²) in [6.45, 7) is 7.92. The molecule has 0 fully saturated rings. The molecule has 2 atom stereocenters. The van der Waals surface area contributed by atoms with Gasteiger partial charge in [0.15, 0.2) is 0 Å². The zero-order valence-electron chi connectivity index (χ0n) is 14.0. The van der Waals surface area contributed by atoms with Crippen LogP contribution in [0.25, 0.3) is 0 Å². The van der Waals surface area contributed by atoms with Crippen molar-refractivity contribution < 1.29 is 0 Å². The number of benzene rings is 1. The molecule has 118 valence electrons. The number of fused-ring (bicyclic) bond motifs is 1. The number of hydrogen-bond acceptors (Lipinski definition) is 3. The molecule has 1 aliphatic carbocycles. The quantitative estimate of drug-likeness (QED) is 0.873. The van der Waals surface area contributed by atoms with Crippen molar-refractivity contribution in [3.8, 4) is 0 Å². The van der Waals surface area contributed by atoms with Gasteiger partial charge in [0.2, 0.25) is 0 Å². The van der Waals surface area contributed by atoms with E-state index < -0.39 is 0 Å². The second-order valence-corrected chi connectivity index (χ2v) is 7.02. The smallest absolute Gasteiger partial charge is 0.0455 e. The molecule has 2 unspecified atom stereocenters. The van der Waals surface area contributed by atoms with Gasteiger partial charge in [-0.25, -0.2) is 0 Å². The topological polar surface area (TPSA) is 32.5 Å². The van der Waals surface area contributed by atoms with Crippen molar-refractivity contribution in [1.82, 2.24) is 9.80 Å². The fraction of sp³-hybridized carbons (Fsp3) is 0.667. The van der Waals surface area contributed by atoms with Gasteiger partial charge in [0.1, 0.15) is 0 Å². The summed E-state index contributed by atoms with van der Waals surface area (Å²) in [5, 5.41) is 0. The summed E-state index contributed by atoms with van der Waals surface area (Å²) in [5.74, 6) is 0.677. The van der Waals surface area contributed by atoms with E-state index in [-0.39, 0.29) is 6.04 Å². The minimum atomic E-state index is 0.149. The van der Waals surface area contributed by atoms with Crippen LogP contribution in [0.1, 0.15) is 37.4 Å². The van der Waals surface area contributed by atoms with Crippen LogP contribution < -0.4 is 5.73 Å². The molecule has 1 aromatic rings. The average Bonchev–Trinajstić information content (AvgIpc) is 2.44. The number of hydrogen-bond donors (Lipinski definition) is 1. The molecule has 0 aromatic heterocycles. The first kappa shape index (κ1) is 16.5. The molecule has 0 heterocycles. The lowest BCUT2D eigenvalue weighted by molar-refractivity contribution is 0.128. The number of rotatable bonds is 6. The molecule has 3 heteroatoms. The Morgan fingerprint density at radius 3 is 2.57 bits per heavy atom. The van der Waals surface area contributed by atoms with Crippen molar-refractivity contribution >= 4 is 0 Å². The maximum absolute atomic E-state index is 6.62. The van der Waals surface area contributed by atoms with E-state index in [2.05, 4.69) is 62.0 Å². The minimum Gasteiger partial charge on any atom is -0.323 e. The zero-order valence-corrected chi connectivity index (χ0v) is 14.0. The Balaban J connectivity index is 2.13. The molecule has 2 N–H and O–H groups in total. The molecule has 0 spiro atoms. The Kier molecular flexibility index (Phi) is 5.80. The SMILES string of the molecule is CC(C)CN(CCN(C)C)C1CCc2ccccc2C1N. The minimum absolute atomic E-state index is 0.149. The van der Waals surface area contributed by atoms with Crippen molar-refractivity contribution in [2.75, 3.05) is 33.7 Å². The molecular weight excluding hydrogens is 258 g/mol. The number of likely N-dealkylation sites (N-methyl/N-ethyl adjacent to an activating group) is 1. The van der Waals surface area contributed by atoms with Gasteiger partial charge in [-0.15, -0.1) is 0 Å². The summed E-state index contributed by atoms with van der Waals surface area (Å²) in [7, 11) is 4.29. The van der Waals surface area contributed by atoms with Crippen molar-refractivity contribution in [2.45, 2.75) is 38.8 Å². The molecule has 0 saturated carbocycles. The third-order valence-electron chi connectivity index (χ3n) is 4.44. The van der Waals surface area contributed by atoms with Crippen LogP contribution in [-0.4, -0.2) is 49.6 Å². The summed E-state index contributed by atoms with van der Waals surface area (Å²) >= 11 is 0. The standard InChI is InChI=1S/C18H31N3/c1-14(2)13-21(12-11-20(3)4)17-10-9-15-7-5-6-8-16(15)18(17)19/h5-8,14,17-18H,9-13,19H2,1-4H3. The van der Waals surface area contributed by atoms with Crippen LogP contribution in [0.2, 0.25) is 0 Å². The van der Waals surface area contributed by atoms with Crippen molar-refractivity contribution in [2.24, 2.45) is 11.7 Å². The van der Waals surface area contributed by atoms with Gasteiger partial charge in [0.25, 0.3) is 0 Å². The highest BCUT2D eigenvalue weighted by Crippen LogP contribution is 2.31. The maximum atomic E-state index is 6.62. The Bertz CT molecular complexity index is 442. The molecule has 0 saturated heterocycles. The Morgan fingerprint density at radius 1 is 1.19 bits per heavy atom. The summed E-state index contributed by atoms with van der Waals surface area (Å²) < 4.78 is 0. The van der Waals surface area contributed by atoms with E-state index in [1.165, 1.54) is 17.5 Å². The van der Waals surface area contributed by atoms with Gasteiger partial charge >= 0.3 is 0 Å². The van der Waals surface area contributed by atoms with Crippen molar-refractivity contribution in [3.63, 3.8) is 0 Å². The molecule has 0 aliphatic heterocycles. The van der Waals surface area contributed by atoms with E-state index in [0.29, 0.717) is 12.0 Å². The summed E-state index contributed by atoms with van der Waals surface area (Å²) in [6.07, 6.45) is 2.34. The first-order chi connectivity index (χ1) is 9.99. The van der Waals surface area contributed by atoms with Gasteiger partial charge in [0, 0.05) is 31.7 Å². The predicted molar refractivity (Wildman–Crippen MR) is 90.4 cm³/mol. The van der Waals surface area contributed by atoms with Crippen LogP contribution in [0.3, 0.4) is 0 Å². The largest absolute Gasteiger partial charge is 0.323 e. The van der Waals surface area contributed by atoms with Gasteiger partial charge < -0.3 is 10.6 Å². The van der Waals surface area contributed by atoms with Crippen LogP contribution in [0, 0.1) is 5.92 Å².